The second-order valence-corrected chi connectivity index (χ2v) is 7.83. The molecule has 2 N–H and O–H groups in total. The Kier molecular flexibility index (Phi) is 7.12. The molecule has 1 aliphatic heterocycles. The second-order valence-electron chi connectivity index (χ2n) is 7.40. The summed E-state index contributed by atoms with van der Waals surface area (Å²) < 4.78 is 0. The minimum absolute atomic E-state index is 0.00795. The van der Waals surface area contributed by atoms with Gasteiger partial charge in [0.2, 0.25) is 5.91 Å². The molecule has 3 amide bonds. The lowest BCUT2D eigenvalue weighted by molar-refractivity contribution is -0.117. The van der Waals surface area contributed by atoms with Gasteiger partial charge in [0, 0.05) is 37.2 Å². The van der Waals surface area contributed by atoms with Crippen LogP contribution in [0.2, 0.25) is 5.02 Å². The summed E-state index contributed by atoms with van der Waals surface area (Å²) in [5, 5.41) is 15.5. The van der Waals surface area contributed by atoms with Crippen LogP contribution in [-0.4, -0.2) is 60.5 Å². The van der Waals surface area contributed by atoms with Crippen molar-refractivity contribution in [1.82, 2.24) is 15.1 Å². The summed E-state index contributed by atoms with van der Waals surface area (Å²) in [6, 6.07) is 7.13. The summed E-state index contributed by atoms with van der Waals surface area (Å²) >= 11 is 5.95. The molecule has 1 saturated carbocycles. The summed E-state index contributed by atoms with van der Waals surface area (Å²) in [6.07, 6.45) is 5.78. The fourth-order valence-corrected chi connectivity index (χ4v) is 3.90. The summed E-state index contributed by atoms with van der Waals surface area (Å²) in [5.74, 6) is -0.195. The largest absolute Gasteiger partial charge is 0.335 e. The SMILES string of the molecule is N#Cc1ccc(Cl)cc1NC(=O)CN1CCN(C(=O)NC2CCCCC2)CC1. The molecule has 1 saturated heterocycles. The van der Waals surface area contributed by atoms with Gasteiger partial charge in [-0.05, 0) is 31.0 Å². The zero-order valence-corrected chi connectivity index (χ0v) is 16.7. The maximum Gasteiger partial charge on any atom is 0.317 e. The Morgan fingerprint density at radius 2 is 1.86 bits per heavy atom. The lowest BCUT2D eigenvalue weighted by Crippen LogP contribution is -2.54. The van der Waals surface area contributed by atoms with Crippen LogP contribution in [-0.2, 0) is 4.79 Å². The van der Waals surface area contributed by atoms with Gasteiger partial charge in [-0.3, -0.25) is 9.69 Å². The van der Waals surface area contributed by atoms with Gasteiger partial charge in [0.1, 0.15) is 6.07 Å². The summed E-state index contributed by atoms with van der Waals surface area (Å²) in [5.41, 5.74) is 0.799. The van der Waals surface area contributed by atoms with Crippen molar-refractivity contribution in [1.29, 1.82) is 5.26 Å². The number of nitriles is 1. The molecule has 1 aromatic rings. The van der Waals surface area contributed by atoms with Gasteiger partial charge in [-0.2, -0.15) is 5.26 Å². The molecule has 0 atom stereocenters. The Balaban J connectivity index is 1.44. The number of nitrogens with zero attached hydrogens (tertiary/aromatic N) is 3. The van der Waals surface area contributed by atoms with E-state index in [1.165, 1.54) is 19.3 Å². The summed E-state index contributed by atoms with van der Waals surface area (Å²) in [6.45, 7) is 2.71. The van der Waals surface area contributed by atoms with Crippen molar-refractivity contribution in [2.24, 2.45) is 0 Å². The lowest BCUT2D eigenvalue weighted by atomic mass is 9.96. The smallest absolute Gasteiger partial charge is 0.317 e. The van der Waals surface area contributed by atoms with Crippen molar-refractivity contribution >= 4 is 29.2 Å². The number of hydrogen-bond donors (Lipinski definition) is 2. The van der Waals surface area contributed by atoms with Crippen LogP contribution in [0.15, 0.2) is 18.2 Å². The first-order chi connectivity index (χ1) is 13.5. The number of amides is 3. The van der Waals surface area contributed by atoms with Gasteiger partial charge in [-0.25, -0.2) is 4.79 Å². The minimum atomic E-state index is -0.195. The molecule has 8 heteroatoms. The van der Waals surface area contributed by atoms with Crippen LogP contribution in [0.5, 0.6) is 0 Å². The van der Waals surface area contributed by atoms with E-state index >= 15 is 0 Å². The highest BCUT2D eigenvalue weighted by Crippen LogP contribution is 2.20. The molecule has 7 nitrogen and oxygen atoms in total. The summed E-state index contributed by atoms with van der Waals surface area (Å²) in [4.78, 5) is 28.6. The van der Waals surface area contributed by atoms with Gasteiger partial charge in [-0.15, -0.1) is 0 Å². The van der Waals surface area contributed by atoms with Gasteiger partial charge in [0.15, 0.2) is 0 Å². The van der Waals surface area contributed by atoms with Crippen molar-refractivity contribution in [3.05, 3.63) is 28.8 Å². The number of piperazine rings is 1. The number of urea groups is 1. The van der Waals surface area contributed by atoms with E-state index in [1.807, 2.05) is 15.9 Å². The Morgan fingerprint density at radius 1 is 1.14 bits per heavy atom. The molecule has 28 heavy (non-hydrogen) atoms. The Bertz CT molecular complexity index is 749. The molecule has 0 spiro atoms. The first kappa shape index (κ1) is 20.4. The third-order valence-electron chi connectivity index (χ3n) is 5.34. The Hall–Kier alpha value is -2.30. The maximum absolute atomic E-state index is 12.4. The van der Waals surface area contributed by atoms with Gasteiger partial charge in [-0.1, -0.05) is 30.9 Å². The number of benzene rings is 1. The monoisotopic (exact) mass is 403 g/mol. The number of nitrogens with one attached hydrogen (secondary N) is 2. The molecule has 1 aromatic carbocycles. The highest BCUT2D eigenvalue weighted by atomic mass is 35.5. The van der Waals surface area contributed by atoms with Crippen molar-refractivity contribution in [2.75, 3.05) is 38.0 Å². The number of carbonyl (C=O) groups is 2. The van der Waals surface area contributed by atoms with Gasteiger partial charge >= 0.3 is 6.03 Å². The highest BCUT2D eigenvalue weighted by molar-refractivity contribution is 6.31. The number of hydrogen-bond acceptors (Lipinski definition) is 4. The molecular formula is C20H26ClN5O2. The third kappa shape index (κ3) is 5.60. The Labute approximate surface area is 170 Å². The number of carbonyl (C=O) groups excluding carboxylic acids is 2. The predicted molar refractivity (Wildman–Crippen MR) is 108 cm³/mol. The predicted octanol–water partition coefficient (Wildman–Crippen LogP) is 2.81. The van der Waals surface area contributed by atoms with E-state index in [-0.39, 0.29) is 18.5 Å². The van der Waals surface area contributed by atoms with E-state index in [0.29, 0.717) is 48.5 Å². The third-order valence-corrected chi connectivity index (χ3v) is 5.57. The molecule has 2 fully saturated rings. The normalized spacial score (nSPS) is 18.4. The van der Waals surface area contributed by atoms with Crippen molar-refractivity contribution in [3.8, 4) is 6.07 Å². The average Bonchev–Trinajstić information content (AvgIpc) is 2.69. The molecule has 3 rings (SSSR count). The lowest BCUT2D eigenvalue weighted by Gasteiger charge is -2.35. The number of anilines is 1. The van der Waals surface area contributed by atoms with Crippen LogP contribution in [0, 0.1) is 11.3 Å². The zero-order valence-electron chi connectivity index (χ0n) is 15.9. The van der Waals surface area contributed by atoms with Crippen LogP contribution in [0.1, 0.15) is 37.7 Å². The maximum atomic E-state index is 12.4. The summed E-state index contributed by atoms with van der Waals surface area (Å²) in [7, 11) is 0. The van der Waals surface area contributed by atoms with Crippen molar-refractivity contribution < 1.29 is 9.59 Å². The van der Waals surface area contributed by atoms with E-state index in [9.17, 15) is 9.59 Å². The molecular weight excluding hydrogens is 378 g/mol. The van der Waals surface area contributed by atoms with Gasteiger partial charge in [0.25, 0.3) is 0 Å². The van der Waals surface area contributed by atoms with Gasteiger partial charge in [0.05, 0.1) is 17.8 Å². The number of halogens is 1. The molecule has 150 valence electrons. The molecule has 0 aromatic heterocycles. The van der Waals surface area contributed by atoms with Crippen LogP contribution in [0.25, 0.3) is 0 Å². The fourth-order valence-electron chi connectivity index (χ4n) is 3.73. The van der Waals surface area contributed by atoms with E-state index in [2.05, 4.69) is 10.6 Å². The highest BCUT2D eigenvalue weighted by Gasteiger charge is 2.24. The van der Waals surface area contributed by atoms with Gasteiger partial charge < -0.3 is 15.5 Å². The molecule has 2 aliphatic rings. The molecule has 0 unspecified atom stereocenters. The molecule has 1 aliphatic carbocycles. The fraction of sp³-hybridized carbons (Fsp3) is 0.550. The molecule has 1 heterocycles. The van der Waals surface area contributed by atoms with Crippen LogP contribution in [0.4, 0.5) is 10.5 Å². The van der Waals surface area contributed by atoms with E-state index in [4.69, 9.17) is 16.9 Å². The van der Waals surface area contributed by atoms with Crippen LogP contribution in [0.3, 0.4) is 0 Å². The topological polar surface area (TPSA) is 88.5 Å². The van der Waals surface area contributed by atoms with E-state index in [0.717, 1.165) is 12.8 Å². The van der Waals surface area contributed by atoms with Crippen LogP contribution < -0.4 is 10.6 Å². The zero-order chi connectivity index (χ0) is 19.9. The minimum Gasteiger partial charge on any atom is -0.335 e. The van der Waals surface area contributed by atoms with Crippen LogP contribution >= 0.6 is 11.6 Å². The quantitative estimate of drug-likeness (QED) is 0.809. The van der Waals surface area contributed by atoms with Crippen molar-refractivity contribution in [2.45, 2.75) is 38.1 Å². The second kappa shape index (κ2) is 9.76. The first-order valence-electron chi connectivity index (χ1n) is 9.82. The molecule has 0 bridgehead atoms. The van der Waals surface area contributed by atoms with E-state index < -0.39 is 0 Å². The van der Waals surface area contributed by atoms with Crippen molar-refractivity contribution in [3.63, 3.8) is 0 Å². The molecule has 0 radical (unpaired) electrons. The number of rotatable bonds is 4. The van der Waals surface area contributed by atoms with E-state index in [1.54, 1.807) is 18.2 Å². The first-order valence-corrected chi connectivity index (χ1v) is 10.2. The standard InChI is InChI=1S/C20H26ClN5O2/c21-16-7-6-15(13-22)18(12-16)24-19(27)14-25-8-10-26(11-9-25)20(28)23-17-4-2-1-3-5-17/h6-7,12,17H,1-5,8-11,14H2,(H,23,28)(H,24,27). The Morgan fingerprint density at radius 3 is 2.54 bits per heavy atom. The average molecular weight is 404 g/mol.